The van der Waals surface area contributed by atoms with Gasteiger partial charge < -0.3 is 14.5 Å². The van der Waals surface area contributed by atoms with Gasteiger partial charge in [0, 0.05) is 5.92 Å². The number of rotatable bonds is 4. The maximum Gasteiger partial charge on any atom is 0.337 e. The zero-order chi connectivity index (χ0) is 16.4. The number of aromatic amines is 1. The van der Waals surface area contributed by atoms with Crippen LogP contribution in [0.25, 0.3) is 11.0 Å². The largest absolute Gasteiger partial charge is 0.496 e. The Morgan fingerprint density at radius 3 is 2.83 bits per heavy atom. The van der Waals surface area contributed by atoms with Gasteiger partial charge in [-0.25, -0.2) is 9.78 Å². The molecule has 0 saturated carbocycles. The minimum absolute atomic E-state index is 0.0151. The molecule has 1 aromatic heterocycles. The average molecular weight is 312 g/mol. The maximum absolute atomic E-state index is 11.5. The van der Waals surface area contributed by atoms with Gasteiger partial charge in [0.1, 0.15) is 17.1 Å². The highest BCUT2D eigenvalue weighted by molar-refractivity contribution is 5.97. The summed E-state index contributed by atoms with van der Waals surface area (Å²) in [6.45, 7) is 0. The zero-order valence-electron chi connectivity index (χ0n) is 12.8. The van der Waals surface area contributed by atoms with Crippen molar-refractivity contribution < 1.29 is 19.1 Å². The van der Waals surface area contributed by atoms with E-state index in [1.165, 1.54) is 14.2 Å². The van der Waals surface area contributed by atoms with Gasteiger partial charge in [0.25, 0.3) is 0 Å². The molecule has 118 valence electrons. The molecule has 0 saturated heterocycles. The van der Waals surface area contributed by atoms with Crippen LogP contribution < -0.4 is 4.74 Å². The fourth-order valence-corrected chi connectivity index (χ4v) is 2.66. The molecule has 23 heavy (non-hydrogen) atoms. The number of methoxy groups -OCH3 is 2. The standard InChI is InChI=1S/C17H16N2O4/c1-22-14-8-7-13-15(12(14)9-20)19-16(18-13)10-3-5-11(6-4-10)17(21)23-2/h3,5-10H,4H2,1-2H3,(H,18,19). The van der Waals surface area contributed by atoms with Gasteiger partial charge in [0.05, 0.1) is 30.9 Å². The molecule has 0 bridgehead atoms. The van der Waals surface area contributed by atoms with Crippen molar-refractivity contribution in [2.24, 2.45) is 0 Å². The number of nitrogens with zero attached hydrogens (tertiary/aromatic N) is 1. The number of hydrogen-bond acceptors (Lipinski definition) is 5. The second-order valence-corrected chi connectivity index (χ2v) is 5.17. The van der Waals surface area contributed by atoms with Gasteiger partial charge in [0.2, 0.25) is 0 Å². The summed E-state index contributed by atoms with van der Waals surface area (Å²) in [6, 6.07) is 3.57. The van der Waals surface area contributed by atoms with E-state index in [-0.39, 0.29) is 11.9 Å². The molecule has 6 nitrogen and oxygen atoms in total. The first-order valence-corrected chi connectivity index (χ1v) is 7.16. The van der Waals surface area contributed by atoms with E-state index in [1.807, 2.05) is 18.2 Å². The normalized spacial score (nSPS) is 17.0. The summed E-state index contributed by atoms with van der Waals surface area (Å²) in [7, 11) is 2.88. The summed E-state index contributed by atoms with van der Waals surface area (Å²) in [5.74, 6) is 0.906. The Morgan fingerprint density at radius 2 is 2.22 bits per heavy atom. The number of carbonyl (C=O) groups is 2. The molecule has 1 aliphatic carbocycles. The number of carbonyl (C=O) groups excluding carboxylic acids is 2. The summed E-state index contributed by atoms with van der Waals surface area (Å²) in [5.41, 5.74) is 2.33. The molecule has 0 radical (unpaired) electrons. The van der Waals surface area contributed by atoms with Gasteiger partial charge in [-0.1, -0.05) is 18.2 Å². The van der Waals surface area contributed by atoms with E-state index in [2.05, 4.69) is 9.97 Å². The molecule has 0 amide bonds. The lowest BCUT2D eigenvalue weighted by Crippen LogP contribution is -2.08. The highest BCUT2D eigenvalue weighted by atomic mass is 16.5. The van der Waals surface area contributed by atoms with Crippen LogP contribution in [-0.4, -0.2) is 36.4 Å². The first-order valence-electron chi connectivity index (χ1n) is 7.16. The molecule has 2 aromatic rings. The lowest BCUT2D eigenvalue weighted by Gasteiger charge is -2.12. The number of imidazole rings is 1. The molecule has 3 rings (SSSR count). The summed E-state index contributed by atoms with van der Waals surface area (Å²) in [6.07, 6.45) is 6.84. The summed E-state index contributed by atoms with van der Waals surface area (Å²) in [4.78, 5) is 30.6. The van der Waals surface area contributed by atoms with Crippen LogP contribution in [-0.2, 0) is 9.53 Å². The lowest BCUT2D eigenvalue weighted by atomic mass is 9.96. The third kappa shape index (κ3) is 2.63. The number of H-pyrrole nitrogens is 1. The van der Waals surface area contributed by atoms with Crippen LogP contribution in [0.4, 0.5) is 0 Å². The molecule has 1 aromatic carbocycles. The van der Waals surface area contributed by atoms with Gasteiger partial charge in [-0.2, -0.15) is 0 Å². The fourth-order valence-electron chi connectivity index (χ4n) is 2.66. The molecular weight excluding hydrogens is 296 g/mol. The first kappa shape index (κ1) is 15.0. The summed E-state index contributed by atoms with van der Waals surface area (Å²) >= 11 is 0. The van der Waals surface area contributed by atoms with Gasteiger partial charge in [-0.05, 0) is 18.6 Å². The second kappa shape index (κ2) is 6.08. The van der Waals surface area contributed by atoms with E-state index >= 15 is 0 Å². The van der Waals surface area contributed by atoms with E-state index in [4.69, 9.17) is 9.47 Å². The number of aldehydes is 1. The van der Waals surface area contributed by atoms with Crippen molar-refractivity contribution >= 4 is 23.3 Å². The predicted octanol–water partition coefficient (Wildman–Crippen LogP) is 2.53. The van der Waals surface area contributed by atoms with Crippen molar-refractivity contribution in [1.82, 2.24) is 9.97 Å². The third-order valence-electron chi connectivity index (χ3n) is 3.88. The monoisotopic (exact) mass is 312 g/mol. The Hall–Kier alpha value is -2.89. The average Bonchev–Trinajstić information content (AvgIpc) is 3.04. The number of allylic oxidation sites excluding steroid dienone is 2. The highest BCUT2D eigenvalue weighted by Gasteiger charge is 2.20. The van der Waals surface area contributed by atoms with E-state index in [0.717, 1.165) is 17.6 Å². The maximum atomic E-state index is 11.5. The van der Waals surface area contributed by atoms with Crippen LogP contribution in [0.3, 0.4) is 0 Å². The van der Waals surface area contributed by atoms with E-state index in [0.29, 0.717) is 28.8 Å². The molecule has 6 heteroatoms. The van der Waals surface area contributed by atoms with Crippen molar-refractivity contribution in [2.45, 2.75) is 12.3 Å². The van der Waals surface area contributed by atoms with Crippen LogP contribution in [0, 0.1) is 0 Å². The molecule has 1 aliphatic rings. The van der Waals surface area contributed by atoms with Crippen LogP contribution in [0.1, 0.15) is 28.5 Å². The van der Waals surface area contributed by atoms with E-state index < -0.39 is 0 Å². The Bertz CT molecular complexity index is 832. The lowest BCUT2D eigenvalue weighted by molar-refractivity contribution is -0.135. The first-order chi connectivity index (χ1) is 11.2. The number of esters is 1. The molecule has 1 unspecified atom stereocenters. The Balaban J connectivity index is 1.94. The topological polar surface area (TPSA) is 81.3 Å². The number of nitrogens with one attached hydrogen (secondary N) is 1. The van der Waals surface area contributed by atoms with Crippen molar-refractivity contribution in [1.29, 1.82) is 0 Å². The smallest absolute Gasteiger partial charge is 0.337 e. The van der Waals surface area contributed by atoms with Crippen molar-refractivity contribution in [3.05, 3.63) is 47.3 Å². The van der Waals surface area contributed by atoms with E-state index in [1.54, 1.807) is 12.1 Å². The van der Waals surface area contributed by atoms with Crippen LogP contribution in [0.2, 0.25) is 0 Å². The molecule has 1 atom stereocenters. The third-order valence-corrected chi connectivity index (χ3v) is 3.88. The number of ether oxygens (including phenoxy) is 2. The Kier molecular flexibility index (Phi) is 3.97. The molecule has 0 fully saturated rings. The molecule has 1 heterocycles. The Morgan fingerprint density at radius 1 is 1.39 bits per heavy atom. The summed E-state index contributed by atoms with van der Waals surface area (Å²) in [5, 5.41) is 0. The van der Waals surface area contributed by atoms with Crippen LogP contribution >= 0.6 is 0 Å². The number of aromatic nitrogens is 2. The minimum atomic E-state index is -0.350. The number of hydrogen-bond donors (Lipinski definition) is 1. The van der Waals surface area contributed by atoms with Gasteiger partial charge >= 0.3 is 5.97 Å². The van der Waals surface area contributed by atoms with Crippen molar-refractivity contribution in [2.75, 3.05) is 14.2 Å². The van der Waals surface area contributed by atoms with Gasteiger partial charge in [-0.15, -0.1) is 0 Å². The van der Waals surface area contributed by atoms with Gasteiger partial charge in [0.15, 0.2) is 6.29 Å². The number of fused-ring (bicyclic) bond motifs is 1. The second-order valence-electron chi connectivity index (χ2n) is 5.17. The Labute approximate surface area is 132 Å². The van der Waals surface area contributed by atoms with Gasteiger partial charge in [-0.3, -0.25) is 4.79 Å². The quantitative estimate of drug-likeness (QED) is 0.693. The predicted molar refractivity (Wildman–Crippen MR) is 84.6 cm³/mol. The SMILES string of the molecule is COC(=O)C1=CCC(c2nc3c(C=O)c(OC)ccc3[nH]2)C=C1. The van der Waals surface area contributed by atoms with E-state index in [9.17, 15) is 9.59 Å². The van der Waals surface area contributed by atoms with Crippen LogP contribution in [0.15, 0.2) is 35.9 Å². The molecular formula is C17H16N2O4. The fraction of sp³-hybridized carbons (Fsp3) is 0.235. The summed E-state index contributed by atoms with van der Waals surface area (Å²) < 4.78 is 9.89. The molecule has 0 aliphatic heterocycles. The molecule has 0 spiro atoms. The van der Waals surface area contributed by atoms with Crippen LogP contribution in [0.5, 0.6) is 5.75 Å². The molecule has 1 N–H and O–H groups in total. The minimum Gasteiger partial charge on any atom is -0.496 e. The zero-order valence-corrected chi connectivity index (χ0v) is 12.8. The van der Waals surface area contributed by atoms with Crippen molar-refractivity contribution in [3.8, 4) is 5.75 Å². The number of benzene rings is 1. The van der Waals surface area contributed by atoms with Crippen molar-refractivity contribution in [3.63, 3.8) is 0 Å². The highest BCUT2D eigenvalue weighted by Crippen LogP contribution is 2.30.